The maximum Gasteiger partial charge on any atom is 0.246 e. The molecule has 1 N–H and O–H groups in total. The topological polar surface area (TPSA) is 51.0 Å². The first-order chi connectivity index (χ1) is 9.33. The van der Waals surface area contributed by atoms with Crippen molar-refractivity contribution in [3.8, 4) is 11.4 Å². The van der Waals surface area contributed by atoms with Crippen LogP contribution in [0.3, 0.4) is 0 Å². The molecule has 6 heteroatoms. The summed E-state index contributed by atoms with van der Waals surface area (Å²) in [6.45, 7) is 0.500. The Labute approximate surface area is 122 Å². The Morgan fingerprint density at radius 3 is 2.95 bits per heavy atom. The fraction of sp³-hybridized carbons (Fsp3) is 0.0769. The molecule has 0 spiro atoms. The Hall–Kier alpha value is -1.66. The van der Waals surface area contributed by atoms with E-state index in [1.54, 1.807) is 11.3 Å². The third-order valence-corrected chi connectivity index (χ3v) is 3.93. The lowest BCUT2D eigenvalue weighted by Gasteiger charge is -2.04. The molecule has 0 unspecified atom stereocenters. The van der Waals surface area contributed by atoms with Crippen molar-refractivity contribution in [1.29, 1.82) is 0 Å². The molecule has 0 bridgehead atoms. The number of nitrogens with zero attached hydrogens (tertiary/aromatic N) is 2. The van der Waals surface area contributed by atoms with E-state index in [0.717, 1.165) is 15.7 Å². The molecule has 19 heavy (non-hydrogen) atoms. The molecule has 96 valence electrons. The molecule has 0 saturated heterocycles. The van der Waals surface area contributed by atoms with Gasteiger partial charge < -0.3 is 9.84 Å². The molecule has 0 aliphatic heterocycles. The number of para-hydroxylation sites is 1. The molecule has 0 aliphatic carbocycles. The molecular formula is C13H10BrN3OS. The lowest BCUT2D eigenvalue weighted by Crippen LogP contribution is -2.00. The van der Waals surface area contributed by atoms with E-state index >= 15 is 0 Å². The van der Waals surface area contributed by atoms with Crippen LogP contribution in [0.5, 0.6) is 0 Å². The number of thiophene rings is 1. The van der Waals surface area contributed by atoms with E-state index < -0.39 is 0 Å². The number of rotatable bonds is 4. The zero-order valence-corrected chi connectivity index (χ0v) is 12.2. The van der Waals surface area contributed by atoms with Crippen molar-refractivity contribution in [3.63, 3.8) is 0 Å². The van der Waals surface area contributed by atoms with Crippen molar-refractivity contribution in [2.75, 3.05) is 5.32 Å². The van der Waals surface area contributed by atoms with Crippen molar-refractivity contribution in [2.24, 2.45) is 0 Å². The predicted octanol–water partition coefficient (Wildman–Crippen LogP) is 4.17. The zero-order valence-electron chi connectivity index (χ0n) is 9.84. The Balaban J connectivity index is 1.70. The molecule has 3 aromatic rings. The van der Waals surface area contributed by atoms with Gasteiger partial charge in [-0.15, -0.1) is 0 Å². The summed E-state index contributed by atoms with van der Waals surface area (Å²) in [6, 6.07) is 9.88. The number of halogens is 1. The van der Waals surface area contributed by atoms with Gasteiger partial charge in [-0.3, -0.25) is 0 Å². The van der Waals surface area contributed by atoms with Crippen LogP contribution in [0.4, 0.5) is 5.69 Å². The van der Waals surface area contributed by atoms with E-state index in [0.29, 0.717) is 18.3 Å². The fourth-order valence-electron chi connectivity index (χ4n) is 1.61. The summed E-state index contributed by atoms with van der Waals surface area (Å²) in [4.78, 5) is 4.35. The highest BCUT2D eigenvalue weighted by Gasteiger charge is 2.08. The summed E-state index contributed by atoms with van der Waals surface area (Å²) in [5.74, 6) is 1.20. The highest BCUT2D eigenvalue weighted by Crippen LogP contribution is 2.22. The van der Waals surface area contributed by atoms with Crippen LogP contribution in [0.1, 0.15) is 5.89 Å². The number of benzene rings is 1. The van der Waals surface area contributed by atoms with Gasteiger partial charge in [0.1, 0.15) is 0 Å². The van der Waals surface area contributed by atoms with Gasteiger partial charge in [-0.2, -0.15) is 16.3 Å². The van der Waals surface area contributed by atoms with E-state index in [2.05, 4.69) is 31.4 Å². The van der Waals surface area contributed by atoms with Gasteiger partial charge in [-0.1, -0.05) is 17.3 Å². The van der Waals surface area contributed by atoms with Gasteiger partial charge in [0.15, 0.2) is 0 Å². The van der Waals surface area contributed by atoms with Crippen molar-refractivity contribution in [2.45, 2.75) is 6.54 Å². The minimum atomic E-state index is 0.500. The minimum absolute atomic E-state index is 0.500. The maximum absolute atomic E-state index is 5.22. The van der Waals surface area contributed by atoms with Crippen LogP contribution in [-0.2, 0) is 6.54 Å². The number of nitrogens with one attached hydrogen (secondary N) is 1. The lowest BCUT2D eigenvalue weighted by molar-refractivity contribution is 0.384. The average Bonchev–Trinajstić information content (AvgIpc) is 3.09. The van der Waals surface area contributed by atoms with Crippen LogP contribution in [-0.4, -0.2) is 10.1 Å². The second kappa shape index (κ2) is 5.54. The molecule has 1 aromatic carbocycles. The van der Waals surface area contributed by atoms with Gasteiger partial charge in [-0.05, 0) is 39.5 Å². The van der Waals surface area contributed by atoms with Crippen LogP contribution < -0.4 is 5.32 Å². The monoisotopic (exact) mass is 335 g/mol. The normalized spacial score (nSPS) is 10.6. The van der Waals surface area contributed by atoms with E-state index in [1.807, 2.05) is 41.1 Å². The quantitative estimate of drug-likeness (QED) is 0.777. The second-order valence-corrected chi connectivity index (χ2v) is 5.49. The molecule has 0 saturated carbocycles. The Kier molecular flexibility index (Phi) is 3.61. The number of hydrogen-bond acceptors (Lipinski definition) is 5. The molecule has 2 heterocycles. The first-order valence-electron chi connectivity index (χ1n) is 5.66. The predicted molar refractivity (Wildman–Crippen MR) is 79.1 cm³/mol. The molecular weight excluding hydrogens is 326 g/mol. The molecule has 0 atom stereocenters. The Bertz CT molecular complexity index is 666. The molecule has 0 aliphatic rings. The van der Waals surface area contributed by atoms with Crippen LogP contribution in [0.25, 0.3) is 11.4 Å². The third-order valence-electron chi connectivity index (χ3n) is 2.55. The molecule has 0 radical (unpaired) electrons. The highest BCUT2D eigenvalue weighted by atomic mass is 79.9. The van der Waals surface area contributed by atoms with Gasteiger partial charge in [-0.25, -0.2) is 0 Å². The molecule has 4 nitrogen and oxygen atoms in total. The summed E-state index contributed by atoms with van der Waals surface area (Å²) in [6.07, 6.45) is 0. The third kappa shape index (κ3) is 2.85. The standard InChI is InChI=1S/C13H10BrN3OS/c14-10-3-1-2-4-11(10)15-7-12-16-13(17-18-12)9-5-6-19-8-9/h1-6,8,15H,7H2. The Morgan fingerprint density at radius 1 is 1.26 bits per heavy atom. The van der Waals surface area contributed by atoms with E-state index in [9.17, 15) is 0 Å². The van der Waals surface area contributed by atoms with Crippen molar-refractivity contribution >= 4 is 33.0 Å². The van der Waals surface area contributed by atoms with Crippen LogP contribution in [0.2, 0.25) is 0 Å². The molecule has 0 fully saturated rings. The Morgan fingerprint density at radius 2 is 2.16 bits per heavy atom. The second-order valence-electron chi connectivity index (χ2n) is 3.86. The number of aromatic nitrogens is 2. The first kappa shape index (κ1) is 12.4. The lowest BCUT2D eigenvalue weighted by atomic mass is 10.3. The molecule has 3 rings (SSSR count). The molecule has 2 aromatic heterocycles. The van der Waals surface area contributed by atoms with Gasteiger partial charge in [0.25, 0.3) is 0 Å². The van der Waals surface area contributed by atoms with E-state index in [1.165, 1.54) is 0 Å². The minimum Gasteiger partial charge on any atom is -0.375 e. The van der Waals surface area contributed by atoms with Crippen LogP contribution in [0, 0.1) is 0 Å². The van der Waals surface area contributed by atoms with E-state index in [-0.39, 0.29) is 0 Å². The van der Waals surface area contributed by atoms with Gasteiger partial charge in [0, 0.05) is 21.1 Å². The summed E-state index contributed by atoms with van der Waals surface area (Å²) in [5, 5.41) is 11.2. The highest BCUT2D eigenvalue weighted by molar-refractivity contribution is 9.10. The van der Waals surface area contributed by atoms with Crippen molar-refractivity contribution < 1.29 is 4.52 Å². The van der Waals surface area contributed by atoms with Crippen molar-refractivity contribution in [1.82, 2.24) is 10.1 Å². The summed E-state index contributed by atoms with van der Waals surface area (Å²) in [7, 11) is 0. The van der Waals surface area contributed by atoms with Crippen LogP contribution in [0.15, 0.2) is 50.1 Å². The number of hydrogen-bond donors (Lipinski definition) is 1. The molecule has 0 amide bonds. The number of anilines is 1. The van der Waals surface area contributed by atoms with Gasteiger partial charge in [0.05, 0.1) is 6.54 Å². The summed E-state index contributed by atoms with van der Waals surface area (Å²) in [5.41, 5.74) is 1.98. The SMILES string of the molecule is Brc1ccccc1NCc1nc(-c2ccsc2)no1. The smallest absolute Gasteiger partial charge is 0.246 e. The van der Waals surface area contributed by atoms with Gasteiger partial charge in [0.2, 0.25) is 11.7 Å². The average molecular weight is 336 g/mol. The van der Waals surface area contributed by atoms with Gasteiger partial charge >= 0.3 is 0 Å². The van der Waals surface area contributed by atoms with E-state index in [4.69, 9.17) is 4.52 Å². The maximum atomic E-state index is 5.22. The fourth-order valence-corrected chi connectivity index (χ4v) is 2.67. The summed E-state index contributed by atoms with van der Waals surface area (Å²) >= 11 is 5.09. The largest absolute Gasteiger partial charge is 0.375 e. The first-order valence-corrected chi connectivity index (χ1v) is 7.40. The zero-order chi connectivity index (χ0) is 13.1. The van der Waals surface area contributed by atoms with Crippen molar-refractivity contribution in [3.05, 3.63) is 51.5 Å². The van der Waals surface area contributed by atoms with Crippen LogP contribution >= 0.6 is 27.3 Å². The summed E-state index contributed by atoms with van der Waals surface area (Å²) < 4.78 is 6.22.